The van der Waals surface area contributed by atoms with Crippen LogP contribution in [0, 0.1) is 11.3 Å². The molecule has 0 amide bonds. The van der Waals surface area contributed by atoms with Crippen LogP contribution in [0.5, 0.6) is 0 Å². The molecule has 0 N–H and O–H groups in total. The molecule has 0 radical (unpaired) electrons. The van der Waals surface area contributed by atoms with E-state index in [1.54, 1.807) is 61.4 Å². The summed E-state index contributed by atoms with van der Waals surface area (Å²) in [4.78, 5) is 38.8. The van der Waals surface area contributed by atoms with Crippen molar-refractivity contribution in [3.05, 3.63) is 128 Å². The Morgan fingerprint density at radius 1 is 0.419 bits per heavy atom. The molecule has 9 rings (SSSR count). The standard InChI is InChI=1S/3C12H10N4.C2H3N.2BF4.Ni/c3*1-16-10-6-3-2-5-9(10)15-12(16)11-13-7-4-8-14-11;1-2-3;2*2-1(3,4)5;/h3*2-8H,1H3;1H3;;;/q;;;;2*-1;+2. The van der Waals surface area contributed by atoms with Crippen molar-refractivity contribution in [2.75, 3.05) is 0 Å². The first-order chi connectivity index (χ1) is 29.0. The number of imidazole rings is 3. The molecular weight excluding hydrogens is 871 g/mol. The number of aromatic nitrogens is 12. The third-order valence-corrected chi connectivity index (χ3v) is 7.66. The summed E-state index contributed by atoms with van der Waals surface area (Å²) in [7, 11) is -6.08. The first kappa shape index (κ1) is 49.2. The molecule has 0 bridgehead atoms. The fourth-order valence-electron chi connectivity index (χ4n) is 5.28. The van der Waals surface area contributed by atoms with Crippen LogP contribution >= 0.6 is 0 Å². The summed E-state index contributed by atoms with van der Waals surface area (Å²) < 4.78 is 84.0. The van der Waals surface area contributed by atoms with E-state index >= 15 is 0 Å². The monoisotopic (exact) mass is 903 g/mol. The Labute approximate surface area is 358 Å². The largest absolute Gasteiger partial charge is 2.00 e. The second kappa shape index (κ2) is 23.0. The quantitative estimate of drug-likeness (QED) is 0.124. The van der Waals surface area contributed by atoms with E-state index in [-0.39, 0.29) is 16.5 Å². The molecule has 0 atom stereocenters. The van der Waals surface area contributed by atoms with E-state index in [1.165, 1.54) is 6.92 Å². The Hall–Kier alpha value is -7.14. The predicted octanol–water partition coefficient (Wildman–Crippen LogP) is 9.22. The molecule has 9 aromatic rings. The predicted molar refractivity (Wildman–Crippen MR) is 217 cm³/mol. The summed E-state index contributed by atoms with van der Waals surface area (Å²) in [6, 6.07) is 31.1. The average Bonchev–Trinajstić information content (AvgIpc) is 3.88. The minimum Gasteiger partial charge on any atom is -0.418 e. The van der Waals surface area contributed by atoms with Gasteiger partial charge in [-0.2, -0.15) is 5.26 Å². The van der Waals surface area contributed by atoms with Gasteiger partial charge in [0.15, 0.2) is 34.9 Å². The zero-order chi connectivity index (χ0) is 44.6. The van der Waals surface area contributed by atoms with Crippen molar-refractivity contribution < 1.29 is 51.0 Å². The summed E-state index contributed by atoms with van der Waals surface area (Å²) in [5, 5.41) is 7.32. The molecular formula is C38H33B2F8N13Ni. The van der Waals surface area contributed by atoms with Crippen molar-refractivity contribution in [1.82, 2.24) is 58.6 Å². The number of nitrogens with zero attached hydrogens (tertiary/aromatic N) is 13. The van der Waals surface area contributed by atoms with Gasteiger partial charge in [0.1, 0.15) is 0 Å². The van der Waals surface area contributed by atoms with Gasteiger partial charge < -0.3 is 48.2 Å². The maximum absolute atomic E-state index is 9.75. The molecule has 0 saturated carbocycles. The molecule has 322 valence electrons. The normalized spacial score (nSPS) is 10.4. The topological polar surface area (TPSA) is 155 Å². The van der Waals surface area contributed by atoms with Crippen LogP contribution in [0.1, 0.15) is 6.92 Å². The van der Waals surface area contributed by atoms with Gasteiger partial charge in [0.25, 0.3) is 0 Å². The summed E-state index contributed by atoms with van der Waals surface area (Å²) in [6.07, 6.45) is 10.3. The maximum atomic E-state index is 9.75. The van der Waals surface area contributed by atoms with Gasteiger partial charge in [0.2, 0.25) is 0 Å². The van der Waals surface area contributed by atoms with Gasteiger partial charge >= 0.3 is 31.0 Å². The van der Waals surface area contributed by atoms with Gasteiger partial charge in [-0.25, -0.2) is 44.9 Å². The molecule has 0 aliphatic carbocycles. The van der Waals surface area contributed by atoms with E-state index in [4.69, 9.17) is 5.26 Å². The molecule has 0 unspecified atom stereocenters. The van der Waals surface area contributed by atoms with Gasteiger partial charge in [-0.3, -0.25) is 0 Å². The minimum absolute atomic E-state index is 0. The summed E-state index contributed by atoms with van der Waals surface area (Å²) in [5.41, 5.74) is 6.16. The van der Waals surface area contributed by atoms with E-state index in [9.17, 15) is 34.5 Å². The third-order valence-electron chi connectivity index (χ3n) is 7.66. The van der Waals surface area contributed by atoms with Crippen molar-refractivity contribution in [2.45, 2.75) is 6.92 Å². The van der Waals surface area contributed by atoms with E-state index in [2.05, 4.69) is 44.9 Å². The summed E-state index contributed by atoms with van der Waals surface area (Å²) >= 11 is 0. The first-order valence-corrected chi connectivity index (χ1v) is 17.6. The summed E-state index contributed by atoms with van der Waals surface area (Å²) in [5.74, 6) is 4.34. The minimum atomic E-state index is -6.00. The molecule has 13 nitrogen and oxygen atoms in total. The number of aryl methyl sites for hydroxylation is 3. The van der Waals surface area contributed by atoms with Crippen molar-refractivity contribution in [1.29, 1.82) is 5.26 Å². The van der Waals surface area contributed by atoms with E-state index < -0.39 is 14.5 Å². The Bertz CT molecular complexity index is 2480. The number of para-hydroxylation sites is 6. The van der Waals surface area contributed by atoms with Crippen LogP contribution in [-0.2, 0) is 37.6 Å². The number of rotatable bonds is 3. The number of hydrogen-bond acceptors (Lipinski definition) is 10. The molecule has 62 heavy (non-hydrogen) atoms. The Kier molecular flexibility index (Phi) is 18.3. The molecule has 0 aliphatic rings. The average molecular weight is 904 g/mol. The van der Waals surface area contributed by atoms with E-state index in [0.29, 0.717) is 17.5 Å². The van der Waals surface area contributed by atoms with Gasteiger partial charge in [0.05, 0.1) is 39.2 Å². The fourth-order valence-corrected chi connectivity index (χ4v) is 5.28. The van der Waals surface area contributed by atoms with Crippen LogP contribution in [-0.4, -0.2) is 73.1 Å². The van der Waals surface area contributed by atoms with E-state index in [1.807, 2.05) is 108 Å². The zero-order valence-corrected chi connectivity index (χ0v) is 33.9. The number of hydrogen-bond donors (Lipinski definition) is 0. The molecule has 24 heteroatoms. The SMILES string of the molecule is CC#N.Cn1c(-c2ncccn2)nc2ccccc21.Cn1c(-c2ncccn2)nc2ccccc21.Cn1c(-c2ncccn2)nc2ccccc21.F[B-](F)(F)F.F[B-](F)(F)F.[Ni+2]. The number of halogens is 8. The van der Waals surface area contributed by atoms with Crippen molar-refractivity contribution in [2.24, 2.45) is 21.1 Å². The van der Waals surface area contributed by atoms with Crippen molar-refractivity contribution in [3.8, 4) is 41.0 Å². The zero-order valence-electron chi connectivity index (χ0n) is 32.9. The molecule has 0 aliphatic heterocycles. The van der Waals surface area contributed by atoms with Crippen LogP contribution in [0.4, 0.5) is 34.5 Å². The first-order valence-electron chi connectivity index (χ1n) is 17.6. The third kappa shape index (κ3) is 14.8. The summed E-state index contributed by atoms with van der Waals surface area (Å²) in [6.45, 7) is 1.43. The second-order valence-electron chi connectivity index (χ2n) is 11.9. The smallest absolute Gasteiger partial charge is 0.418 e. The molecule has 6 aromatic heterocycles. The number of fused-ring (bicyclic) bond motifs is 3. The van der Waals surface area contributed by atoms with Gasteiger partial charge in [-0.05, 0) is 54.6 Å². The van der Waals surface area contributed by atoms with Crippen LogP contribution in [0.25, 0.3) is 68.0 Å². The Morgan fingerprint density at radius 2 is 0.613 bits per heavy atom. The van der Waals surface area contributed by atoms with Gasteiger partial charge in [0, 0.05) is 65.2 Å². The number of nitriles is 1. The molecule has 0 saturated heterocycles. The molecule has 3 aromatic carbocycles. The van der Waals surface area contributed by atoms with Crippen molar-refractivity contribution in [3.63, 3.8) is 0 Å². The number of benzene rings is 3. The Balaban J connectivity index is 0.000000216. The van der Waals surface area contributed by atoms with E-state index in [0.717, 1.165) is 50.6 Å². The van der Waals surface area contributed by atoms with Crippen LogP contribution in [0.2, 0.25) is 0 Å². The molecule has 0 spiro atoms. The van der Waals surface area contributed by atoms with Crippen LogP contribution in [0.3, 0.4) is 0 Å². The van der Waals surface area contributed by atoms with Crippen LogP contribution < -0.4 is 0 Å². The molecule has 0 fully saturated rings. The van der Waals surface area contributed by atoms with Gasteiger partial charge in [-0.1, -0.05) is 36.4 Å². The second-order valence-corrected chi connectivity index (χ2v) is 11.9. The maximum Gasteiger partial charge on any atom is 2.00 e. The molecule has 6 heterocycles. The van der Waals surface area contributed by atoms with Crippen LogP contribution in [0.15, 0.2) is 128 Å². The van der Waals surface area contributed by atoms with Gasteiger partial charge in [-0.15, -0.1) is 0 Å². The van der Waals surface area contributed by atoms with Crippen molar-refractivity contribution >= 4 is 47.6 Å². The Morgan fingerprint density at radius 3 is 0.806 bits per heavy atom. The fraction of sp³-hybridized carbons (Fsp3) is 0.105.